The number of hydrogen-bond acceptors (Lipinski definition) is 9. The lowest BCUT2D eigenvalue weighted by Crippen LogP contribution is -2.38. The summed E-state index contributed by atoms with van der Waals surface area (Å²) in [5.41, 5.74) is 6.06. The molecule has 25 heavy (non-hydrogen) atoms. The molecule has 1 fully saturated rings. The van der Waals surface area contributed by atoms with Crippen LogP contribution in [0.15, 0.2) is 4.79 Å². The average Bonchev–Trinajstić information content (AvgIpc) is 3.02. The van der Waals surface area contributed by atoms with Crippen molar-refractivity contribution < 1.29 is 28.7 Å². The summed E-state index contributed by atoms with van der Waals surface area (Å²) in [6, 6.07) is 0. The minimum Gasteiger partial charge on any atom is -0.390 e. The number of hydrogen-bond donors (Lipinski definition) is 4. The summed E-state index contributed by atoms with van der Waals surface area (Å²) >= 11 is 0. The Balaban J connectivity index is 1.81. The molecule has 0 aliphatic carbocycles. The highest BCUT2D eigenvalue weighted by Crippen LogP contribution is 2.41. The van der Waals surface area contributed by atoms with E-state index in [1.54, 1.807) is 16.8 Å². The Morgan fingerprint density at radius 2 is 2.12 bits per heavy atom. The number of ether oxygens (including phenoxy) is 1. The molecule has 3 rings (SSSR count). The first-order valence-corrected chi connectivity index (χ1v) is 8.99. The molecule has 0 radical (unpaired) electrons. The van der Waals surface area contributed by atoms with Gasteiger partial charge in [-0.15, -0.1) is 0 Å². The molecule has 0 spiro atoms. The third kappa shape index (κ3) is 3.36. The number of anilines is 3. The molecule has 3 atom stereocenters. The van der Waals surface area contributed by atoms with Gasteiger partial charge in [-0.1, -0.05) is 0 Å². The molecular formula is C12H20N5O7P. The fourth-order valence-corrected chi connectivity index (χ4v) is 3.32. The van der Waals surface area contributed by atoms with Gasteiger partial charge in [0.15, 0.2) is 5.82 Å². The van der Waals surface area contributed by atoms with Crippen molar-refractivity contribution in [3.8, 4) is 0 Å². The summed E-state index contributed by atoms with van der Waals surface area (Å²) in [4.78, 5) is 37.0. The Kier molecular flexibility index (Phi) is 4.52. The molecule has 0 bridgehead atoms. The van der Waals surface area contributed by atoms with Gasteiger partial charge >= 0.3 is 13.5 Å². The summed E-state index contributed by atoms with van der Waals surface area (Å²) < 4.78 is 22.1. The second-order valence-corrected chi connectivity index (χ2v) is 7.28. The fraction of sp³-hybridized carbons (Fsp3) is 0.667. The van der Waals surface area contributed by atoms with Crippen LogP contribution in [0.5, 0.6) is 0 Å². The molecule has 12 nitrogen and oxygen atoms in total. The maximum absolute atomic E-state index is 11.9. The SMILES string of the molecule is CN1CN([C@H]2C[C@H](O)[C@@H](COP(=O)(O)O)O2)c2nc(=O)n(C)c(N)c21. The van der Waals surface area contributed by atoms with Crippen molar-refractivity contribution in [3.05, 3.63) is 10.5 Å². The first-order chi connectivity index (χ1) is 11.6. The molecule has 13 heteroatoms. The minimum absolute atomic E-state index is 0.166. The van der Waals surface area contributed by atoms with E-state index in [0.29, 0.717) is 18.2 Å². The number of rotatable bonds is 4. The number of nitrogens with zero attached hydrogens (tertiary/aromatic N) is 4. The maximum atomic E-state index is 11.9. The van der Waals surface area contributed by atoms with Crippen LogP contribution in [-0.2, 0) is 20.9 Å². The van der Waals surface area contributed by atoms with Gasteiger partial charge in [0, 0.05) is 20.5 Å². The van der Waals surface area contributed by atoms with Crippen LogP contribution < -0.4 is 21.2 Å². The van der Waals surface area contributed by atoms with Crippen LogP contribution in [0, 0.1) is 0 Å². The van der Waals surface area contributed by atoms with Gasteiger partial charge in [-0.05, 0) is 0 Å². The van der Waals surface area contributed by atoms with Crippen molar-refractivity contribution in [3.63, 3.8) is 0 Å². The fourth-order valence-electron chi connectivity index (χ4n) is 2.98. The first kappa shape index (κ1) is 18.1. The topological polar surface area (TPSA) is 164 Å². The Morgan fingerprint density at radius 1 is 1.44 bits per heavy atom. The van der Waals surface area contributed by atoms with E-state index in [1.807, 2.05) is 0 Å². The molecule has 140 valence electrons. The number of aliphatic hydroxyl groups excluding tert-OH is 1. The van der Waals surface area contributed by atoms with Crippen molar-refractivity contribution in [2.45, 2.75) is 24.9 Å². The highest BCUT2D eigenvalue weighted by Gasteiger charge is 2.42. The van der Waals surface area contributed by atoms with Gasteiger partial charge in [-0.2, -0.15) is 4.98 Å². The molecule has 2 aliphatic rings. The largest absolute Gasteiger partial charge is 0.469 e. The van der Waals surface area contributed by atoms with Gasteiger partial charge in [-0.25, -0.2) is 9.36 Å². The van der Waals surface area contributed by atoms with Crippen molar-refractivity contribution in [2.24, 2.45) is 7.05 Å². The molecule has 3 heterocycles. The van der Waals surface area contributed by atoms with E-state index in [4.69, 9.17) is 20.3 Å². The van der Waals surface area contributed by atoms with Gasteiger partial charge in [-0.3, -0.25) is 9.09 Å². The molecule has 2 aliphatic heterocycles. The Labute approximate surface area is 142 Å². The number of phosphoric acid groups is 1. The number of fused-ring (bicyclic) bond motifs is 1. The van der Waals surface area contributed by atoms with E-state index in [-0.39, 0.29) is 12.2 Å². The van der Waals surface area contributed by atoms with E-state index in [2.05, 4.69) is 9.51 Å². The quantitative estimate of drug-likeness (QED) is 0.436. The molecule has 5 N–H and O–H groups in total. The highest BCUT2D eigenvalue weighted by atomic mass is 31.2. The second kappa shape index (κ2) is 6.24. The van der Waals surface area contributed by atoms with E-state index in [9.17, 15) is 14.5 Å². The van der Waals surface area contributed by atoms with Gasteiger partial charge in [0.25, 0.3) is 0 Å². The maximum Gasteiger partial charge on any atom is 0.469 e. The normalized spacial score (nSPS) is 26.4. The van der Waals surface area contributed by atoms with Crippen molar-refractivity contribution in [1.82, 2.24) is 9.55 Å². The van der Waals surface area contributed by atoms with Crippen molar-refractivity contribution in [1.29, 1.82) is 0 Å². The number of aliphatic hydroxyl groups is 1. The molecule has 0 aromatic carbocycles. The Bertz CT molecular complexity index is 780. The van der Waals surface area contributed by atoms with Crippen LogP contribution in [0.1, 0.15) is 6.42 Å². The molecule has 0 amide bonds. The van der Waals surface area contributed by atoms with Gasteiger partial charge < -0.3 is 35.2 Å². The molecule has 0 unspecified atom stereocenters. The zero-order valence-electron chi connectivity index (χ0n) is 13.6. The molecular weight excluding hydrogens is 357 g/mol. The van der Waals surface area contributed by atoms with Crippen LogP contribution in [0.3, 0.4) is 0 Å². The summed E-state index contributed by atoms with van der Waals surface area (Å²) in [5, 5.41) is 10.1. The third-order valence-corrected chi connectivity index (χ3v) is 4.77. The van der Waals surface area contributed by atoms with Crippen LogP contribution >= 0.6 is 7.82 Å². The number of nitrogen functional groups attached to an aromatic ring is 1. The van der Waals surface area contributed by atoms with Crippen LogP contribution in [0.4, 0.5) is 17.3 Å². The van der Waals surface area contributed by atoms with Gasteiger partial charge in [0.2, 0.25) is 0 Å². The van der Waals surface area contributed by atoms with Crippen LogP contribution in [0.2, 0.25) is 0 Å². The van der Waals surface area contributed by atoms with E-state index in [1.165, 1.54) is 11.6 Å². The van der Waals surface area contributed by atoms with Gasteiger partial charge in [0.1, 0.15) is 23.8 Å². The second-order valence-electron chi connectivity index (χ2n) is 6.04. The summed E-state index contributed by atoms with van der Waals surface area (Å²) in [6.07, 6.45) is -2.35. The molecule has 1 saturated heterocycles. The smallest absolute Gasteiger partial charge is 0.390 e. The summed E-state index contributed by atoms with van der Waals surface area (Å²) in [5.74, 6) is 0.608. The predicted octanol–water partition coefficient (Wildman–Crippen LogP) is -1.84. The molecule has 0 saturated carbocycles. The van der Waals surface area contributed by atoms with Crippen LogP contribution in [0.25, 0.3) is 0 Å². The minimum atomic E-state index is -4.66. The Morgan fingerprint density at radius 3 is 2.76 bits per heavy atom. The lowest BCUT2D eigenvalue weighted by molar-refractivity contribution is -0.0216. The van der Waals surface area contributed by atoms with Crippen LogP contribution in [-0.4, -0.2) is 63.2 Å². The van der Waals surface area contributed by atoms with Gasteiger partial charge in [0.05, 0.1) is 19.4 Å². The number of nitrogens with two attached hydrogens (primary N) is 1. The monoisotopic (exact) mass is 377 g/mol. The standard InChI is InChI=1S/C12H20N5O7P/c1-15-5-17(11-9(15)10(13)16(2)12(19)14-11)8-3-6(18)7(24-8)4-23-25(20,21)22/h6-8,18H,3-5,13H2,1-2H3,(H2,20,21,22)/t6-,7+,8+/m0/s1. The van der Waals surface area contributed by atoms with Crippen molar-refractivity contribution >= 4 is 25.1 Å². The average molecular weight is 377 g/mol. The Hall–Kier alpha value is -1.69. The number of aromatic nitrogens is 2. The zero-order valence-corrected chi connectivity index (χ0v) is 14.5. The van der Waals surface area contributed by atoms with E-state index < -0.39 is 38.6 Å². The molecule has 1 aromatic heterocycles. The third-order valence-electron chi connectivity index (χ3n) is 4.28. The lowest BCUT2D eigenvalue weighted by Gasteiger charge is -2.25. The van der Waals surface area contributed by atoms with E-state index >= 15 is 0 Å². The molecule has 1 aromatic rings. The highest BCUT2D eigenvalue weighted by molar-refractivity contribution is 7.46. The first-order valence-electron chi connectivity index (χ1n) is 7.46. The summed E-state index contributed by atoms with van der Waals surface area (Å²) in [7, 11) is -1.36. The lowest BCUT2D eigenvalue weighted by atomic mass is 10.2. The van der Waals surface area contributed by atoms with E-state index in [0.717, 1.165) is 0 Å². The number of phosphoric ester groups is 1. The zero-order chi connectivity index (χ0) is 18.5. The predicted molar refractivity (Wildman–Crippen MR) is 86.9 cm³/mol. The summed E-state index contributed by atoms with van der Waals surface area (Å²) in [6.45, 7) is -0.121. The van der Waals surface area contributed by atoms with Crippen molar-refractivity contribution in [2.75, 3.05) is 35.9 Å².